The van der Waals surface area contributed by atoms with Crippen LogP contribution in [-0.2, 0) is 6.54 Å². The van der Waals surface area contributed by atoms with Gasteiger partial charge < -0.3 is 19.7 Å². The van der Waals surface area contributed by atoms with Crippen LogP contribution in [0.5, 0.6) is 11.5 Å². The van der Waals surface area contributed by atoms with E-state index < -0.39 is 23.9 Å². The summed E-state index contributed by atoms with van der Waals surface area (Å²) in [5, 5.41) is 2.65. The van der Waals surface area contributed by atoms with Gasteiger partial charge in [0.25, 0.3) is 11.8 Å². The number of nitrogens with one attached hydrogen (secondary N) is 1. The number of alkyl halides is 3. The first-order valence-electron chi connectivity index (χ1n) is 15.7. The number of benzene rings is 2. The van der Waals surface area contributed by atoms with Gasteiger partial charge in [-0.2, -0.15) is 13.2 Å². The Balaban J connectivity index is 1.10. The van der Waals surface area contributed by atoms with E-state index in [2.05, 4.69) is 10.3 Å². The molecule has 2 saturated heterocycles. The predicted octanol–water partition coefficient (Wildman–Crippen LogP) is 5.26. The van der Waals surface area contributed by atoms with Gasteiger partial charge in [-0.3, -0.25) is 24.3 Å². The van der Waals surface area contributed by atoms with E-state index in [4.69, 9.17) is 9.47 Å². The van der Waals surface area contributed by atoms with Crippen molar-refractivity contribution in [2.24, 2.45) is 17.8 Å². The highest BCUT2D eigenvalue weighted by atomic mass is 19.4. The van der Waals surface area contributed by atoms with Crippen LogP contribution < -0.4 is 14.8 Å². The second-order valence-electron chi connectivity index (χ2n) is 12.1. The molecule has 0 bridgehead atoms. The lowest BCUT2D eigenvalue weighted by atomic mass is 9.84. The van der Waals surface area contributed by atoms with Crippen molar-refractivity contribution >= 4 is 17.6 Å². The highest BCUT2D eigenvalue weighted by Gasteiger charge is 2.47. The quantitative estimate of drug-likeness (QED) is 0.298. The van der Waals surface area contributed by atoms with Crippen LogP contribution in [-0.4, -0.2) is 85.5 Å². The third-order valence-electron chi connectivity index (χ3n) is 9.12. The Kier molecular flexibility index (Phi) is 10.8. The van der Waals surface area contributed by atoms with E-state index >= 15 is 0 Å². The zero-order valence-corrected chi connectivity index (χ0v) is 26.5. The molecule has 47 heavy (non-hydrogen) atoms. The number of hydrogen-bond acceptors (Lipinski definition) is 7. The van der Waals surface area contributed by atoms with E-state index in [0.717, 1.165) is 5.56 Å². The lowest BCUT2D eigenvalue weighted by Crippen LogP contribution is -2.49. The van der Waals surface area contributed by atoms with E-state index in [1.165, 1.54) is 18.3 Å². The molecule has 1 aromatic heterocycles. The summed E-state index contributed by atoms with van der Waals surface area (Å²) in [6, 6.07) is 17.1. The summed E-state index contributed by atoms with van der Waals surface area (Å²) < 4.78 is 52.5. The Labute approximate surface area is 272 Å². The average molecular weight is 653 g/mol. The zero-order valence-electron chi connectivity index (χ0n) is 26.5. The summed E-state index contributed by atoms with van der Waals surface area (Å²) >= 11 is 0. The van der Waals surface area contributed by atoms with E-state index in [1.54, 1.807) is 60.4 Å². The number of aromatic nitrogens is 1. The largest absolute Gasteiger partial charge is 0.497 e. The Morgan fingerprint density at radius 2 is 1.47 bits per heavy atom. The second-order valence-corrected chi connectivity index (χ2v) is 12.1. The Morgan fingerprint density at radius 1 is 0.851 bits per heavy atom. The fourth-order valence-corrected chi connectivity index (χ4v) is 6.29. The molecule has 3 aromatic rings. The molecule has 0 saturated carbocycles. The first-order valence-corrected chi connectivity index (χ1v) is 15.7. The van der Waals surface area contributed by atoms with Crippen molar-refractivity contribution in [3.63, 3.8) is 0 Å². The normalized spacial score (nSPS) is 19.2. The topological polar surface area (TPSA) is 101 Å². The number of carbonyl (C=O) groups excluding carboxylic acids is 3. The minimum absolute atomic E-state index is 0.0360. The van der Waals surface area contributed by atoms with Gasteiger partial charge in [-0.15, -0.1) is 0 Å². The Bertz CT molecular complexity index is 1520. The summed E-state index contributed by atoms with van der Waals surface area (Å²) in [6.07, 6.45) is -1.81. The highest BCUT2D eigenvalue weighted by molar-refractivity contribution is 5.99. The number of piperidine rings is 2. The molecular weight excluding hydrogens is 613 g/mol. The maximum atomic E-state index is 14.1. The van der Waals surface area contributed by atoms with Crippen molar-refractivity contribution < 1.29 is 37.0 Å². The number of nitrogens with zero attached hydrogens (tertiary/aromatic N) is 3. The molecule has 1 N–H and O–H groups in total. The summed E-state index contributed by atoms with van der Waals surface area (Å²) in [7, 11) is 3.12. The number of amides is 2. The Morgan fingerprint density at radius 3 is 2.04 bits per heavy atom. The van der Waals surface area contributed by atoms with E-state index in [0.29, 0.717) is 56.1 Å². The molecule has 2 atom stereocenters. The smallest absolute Gasteiger partial charge is 0.393 e. The molecule has 2 fully saturated rings. The molecule has 12 heteroatoms. The lowest BCUT2D eigenvalue weighted by Gasteiger charge is -2.39. The third kappa shape index (κ3) is 8.48. The number of ketones is 1. The molecule has 0 radical (unpaired) electrons. The van der Waals surface area contributed by atoms with Gasteiger partial charge in [-0.1, -0.05) is 12.1 Å². The molecule has 2 aliphatic heterocycles. The maximum absolute atomic E-state index is 14.1. The van der Waals surface area contributed by atoms with E-state index in [9.17, 15) is 27.6 Å². The molecule has 250 valence electrons. The lowest BCUT2D eigenvalue weighted by molar-refractivity contribution is -0.201. The number of halogens is 3. The number of likely N-dealkylation sites (tertiary alicyclic amines) is 2. The molecule has 5 rings (SSSR count). The zero-order chi connectivity index (χ0) is 33.6. The summed E-state index contributed by atoms with van der Waals surface area (Å²) in [5.74, 6) is -1.99. The van der Waals surface area contributed by atoms with Crippen molar-refractivity contribution in [2.75, 3.05) is 46.9 Å². The van der Waals surface area contributed by atoms with Crippen LogP contribution >= 0.6 is 0 Å². The average Bonchev–Trinajstić information content (AvgIpc) is 3.10. The molecule has 2 unspecified atom stereocenters. The van der Waals surface area contributed by atoms with Crippen molar-refractivity contribution in [1.29, 1.82) is 0 Å². The van der Waals surface area contributed by atoms with Gasteiger partial charge in [0.2, 0.25) is 0 Å². The van der Waals surface area contributed by atoms with Gasteiger partial charge in [0.15, 0.2) is 5.78 Å². The van der Waals surface area contributed by atoms with Crippen LogP contribution in [0.25, 0.3) is 0 Å². The van der Waals surface area contributed by atoms with Crippen LogP contribution in [0.3, 0.4) is 0 Å². The molecule has 0 spiro atoms. The number of methoxy groups -OCH3 is 2. The molecule has 3 heterocycles. The maximum Gasteiger partial charge on any atom is 0.393 e. The summed E-state index contributed by atoms with van der Waals surface area (Å²) in [4.78, 5) is 46.4. The van der Waals surface area contributed by atoms with Gasteiger partial charge in [-0.25, -0.2) is 0 Å². The van der Waals surface area contributed by atoms with Crippen LogP contribution in [0, 0.1) is 17.8 Å². The molecule has 2 amide bonds. The van der Waals surface area contributed by atoms with Gasteiger partial charge in [-0.05, 0) is 85.8 Å². The number of Topliss-reactive ketones (excluding diaryl/α,β-unsaturated/α-hetero) is 1. The third-order valence-corrected chi connectivity index (χ3v) is 9.12. The molecular formula is C35H39F3N4O5. The molecule has 0 aliphatic carbocycles. The van der Waals surface area contributed by atoms with Gasteiger partial charge >= 0.3 is 6.18 Å². The molecule has 9 nitrogen and oxygen atoms in total. The predicted molar refractivity (Wildman–Crippen MR) is 168 cm³/mol. The summed E-state index contributed by atoms with van der Waals surface area (Å²) in [5.41, 5.74) is 1.82. The van der Waals surface area contributed by atoms with Crippen molar-refractivity contribution in [3.05, 3.63) is 89.2 Å². The fraction of sp³-hybridized carbons (Fsp3) is 0.429. The van der Waals surface area contributed by atoms with Crippen molar-refractivity contribution in [1.82, 2.24) is 20.1 Å². The summed E-state index contributed by atoms with van der Waals surface area (Å²) in [6.45, 7) is 1.39. The van der Waals surface area contributed by atoms with E-state index in [1.807, 2.05) is 12.1 Å². The Hall–Kier alpha value is -4.45. The highest BCUT2D eigenvalue weighted by Crippen LogP contribution is 2.37. The van der Waals surface area contributed by atoms with Gasteiger partial charge in [0.05, 0.1) is 25.7 Å². The molecule has 2 aromatic carbocycles. The first-order chi connectivity index (χ1) is 22.5. The number of pyridine rings is 1. The minimum Gasteiger partial charge on any atom is -0.497 e. The first kappa shape index (κ1) is 33.9. The number of hydrogen-bond donors (Lipinski definition) is 1. The number of rotatable bonds is 10. The number of carbonyl (C=O) groups is 3. The monoisotopic (exact) mass is 652 g/mol. The fourth-order valence-electron chi connectivity index (χ4n) is 6.29. The van der Waals surface area contributed by atoms with Crippen LogP contribution in [0.2, 0.25) is 0 Å². The SMILES string of the molecule is COc1ccc(CN2CCC(CNC(=O)c3ccc(C(=O)N4CCC(C(=O)c5ccc(OC)cc5)CC4)nc3)C(C(F)(F)F)C2)cc1. The van der Waals surface area contributed by atoms with Crippen LogP contribution in [0.4, 0.5) is 13.2 Å². The minimum atomic E-state index is -4.41. The van der Waals surface area contributed by atoms with Crippen LogP contribution in [0.1, 0.15) is 56.0 Å². The second kappa shape index (κ2) is 15.0. The number of ether oxygens (including phenoxy) is 2. The molecule has 2 aliphatic rings. The van der Waals surface area contributed by atoms with Gasteiger partial charge in [0, 0.05) is 50.4 Å². The van der Waals surface area contributed by atoms with E-state index in [-0.39, 0.29) is 48.4 Å². The van der Waals surface area contributed by atoms with Crippen molar-refractivity contribution in [2.45, 2.75) is 32.0 Å². The van der Waals surface area contributed by atoms with Crippen molar-refractivity contribution in [3.8, 4) is 11.5 Å². The standard InChI is InChI=1S/C35H39F3N4O5/c1-46-28-8-3-23(4-9-28)21-41-16-13-26(30(22-41)35(36,37)38)19-40-33(44)27-7-12-31(39-20-27)34(45)42-17-14-25(15-18-42)32(43)24-5-10-29(47-2)11-6-24/h3-12,20,25-26,30H,13-19,21-22H2,1-2H3,(H,40,44). The van der Waals surface area contributed by atoms with Crippen LogP contribution in [0.15, 0.2) is 66.9 Å². The van der Waals surface area contributed by atoms with Gasteiger partial charge in [0.1, 0.15) is 17.2 Å².